The average molecular weight is 378 g/mol. The summed E-state index contributed by atoms with van der Waals surface area (Å²) in [7, 11) is 0. The molecule has 0 radical (unpaired) electrons. The zero-order chi connectivity index (χ0) is 19.4. The van der Waals surface area contributed by atoms with Crippen molar-refractivity contribution in [1.82, 2.24) is 9.88 Å². The summed E-state index contributed by atoms with van der Waals surface area (Å²) in [4.78, 5) is 28.4. The van der Waals surface area contributed by atoms with Crippen LogP contribution in [0.1, 0.15) is 33.9 Å². The van der Waals surface area contributed by atoms with Gasteiger partial charge in [-0.05, 0) is 34.9 Å². The van der Waals surface area contributed by atoms with Crippen molar-refractivity contribution in [2.75, 3.05) is 6.54 Å². The summed E-state index contributed by atoms with van der Waals surface area (Å²) in [6.07, 6.45) is 4.17. The van der Waals surface area contributed by atoms with Gasteiger partial charge >= 0.3 is 0 Å². The fraction of sp³-hybridized carbons (Fsp3) is 0.167. The first-order valence-electron chi connectivity index (χ1n) is 9.82. The molecular formula is C24H18N4O. The molecule has 0 bridgehead atoms. The predicted octanol–water partition coefficient (Wildman–Crippen LogP) is 3.64. The van der Waals surface area contributed by atoms with Crippen LogP contribution in [0, 0.1) is 0 Å². The van der Waals surface area contributed by atoms with E-state index in [0.717, 1.165) is 34.6 Å². The largest absolute Gasteiger partial charge is 0.326 e. The van der Waals surface area contributed by atoms with Crippen LogP contribution >= 0.6 is 0 Å². The zero-order valence-electron chi connectivity index (χ0n) is 15.7. The monoisotopic (exact) mass is 378 g/mol. The van der Waals surface area contributed by atoms with Gasteiger partial charge in [0, 0.05) is 36.5 Å². The van der Waals surface area contributed by atoms with E-state index in [-0.39, 0.29) is 11.9 Å². The fourth-order valence-corrected chi connectivity index (χ4v) is 4.27. The minimum Gasteiger partial charge on any atom is -0.326 e. The summed E-state index contributed by atoms with van der Waals surface area (Å²) in [5.74, 6) is 0.0539. The van der Waals surface area contributed by atoms with E-state index >= 15 is 0 Å². The molecule has 5 nitrogen and oxygen atoms in total. The lowest BCUT2D eigenvalue weighted by Gasteiger charge is -2.06. The predicted molar refractivity (Wildman–Crippen MR) is 112 cm³/mol. The topological polar surface area (TPSA) is 57.7 Å². The molecule has 0 N–H and O–H groups in total. The molecule has 3 aliphatic rings. The molecule has 0 saturated carbocycles. The summed E-state index contributed by atoms with van der Waals surface area (Å²) in [5, 5.41) is 0. The maximum absolute atomic E-state index is 13.0. The van der Waals surface area contributed by atoms with Crippen molar-refractivity contribution in [2.45, 2.75) is 19.0 Å². The second-order valence-electron chi connectivity index (χ2n) is 7.66. The van der Waals surface area contributed by atoms with Gasteiger partial charge < -0.3 is 4.90 Å². The van der Waals surface area contributed by atoms with Crippen LogP contribution in [-0.4, -0.2) is 33.8 Å². The molecule has 29 heavy (non-hydrogen) atoms. The Kier molecular flexibility index (Phi) is 3.50. The third-order valence-electron chi connectivity index (χ3n) is 5.84. The number of aliphatic imine (C=N–C) groups is 2. The second-order valence-corrected chi connectivity index (χ2v) is 7.66. The Morgan fingerprint density at radius 1 is 1.00 bits per heavy atom. The molecule has 5 heteroatoms. The van der Waals surface area contributed by atoms with Crippen LogP contribution < -0.4 is 0 Å². The van der Waals surface area contributed by atoms with Gasteiger partial charge in [-0.1, -0.05) is 36.4 Å². The van der Waals surface area contributed by atoms with Gasteiger partial charge in [0.2, 0.25) is 0 Å². The van der Waals surface area contributed by atoms with Gasteiger partial charge in [-0.25, -0.2) is 4.99 Å². The van der Waals surface area contributed by atoms with Gasteiger partial charge in [0.15, 0.2) is 0 Å². The molecule has 0 spiro atoms. The Morgan fingerprint density at radius 2 is 1.83 bits per heavy atom. The highest BCUT2D eigenvalue weighted by Crippen LogP contribution is 2.38. The van der Waals surface area contributed by atoms with Gasteiger partial charge in [-0.15, -0.1) is 0 Å². The van der Waals surface area contributed by atoms with E-state index in [1.54, 1.807) is 12.4 Å². The van der Waals surface area contributed by atoms with E-state index < -0.39 is 0 Å². The number of hydrogen-bond donors (Lipinski definition) is 0. The quantitative estimate of drug-likeness (QED) is 0.654. The second kappa shape index (κ2) is 6.21. The molecule has 1 fully saturated rings. The molecule has 3 aliphatic heterocycles. The van der Waals surface area contributed by atoms with Crippen LogP contribution in [0.2, 0.25) is 0 Å². The molecular weight excluding hydrogens is 360 g/mol. The average Bonchev–Trinajstić information content (AvgIpc) is 3.30. The Morgan fingerprint density at radius 3 is 2.66 bits per heavy atom. The summed E-state index contributed by atoms with van der Waals surface area (Å²) in [6, 6.07) is 18.6. The standard InChI is InChI=1S/C24H18N4O/c29-24(28-14-22(28)15-4-2-1-3-5-15)21-11-17-10-18-13-26-23(16-6-8-25-9-7-16)19(18)12-20(17)27-21/h1-10,12,22H,11,13-14H2/t22-,28?/m1/s1. The van der Waals surface area contributed by atoms with Crippen molar-refractivity contribution < 1.29 is 4.79 Å². The number of carbonyl (C=O) groups excluding carboxylic acids is 1. The zero-order valence-corrected chi connectivity index (χ0v) is 15.7. The molecule has 4 heterocycles. The Bertz CT molecular complexity index is 1200. The first kappa shape index (κ1) is 16.4. The lowest BCUT2D eigenvalue weighted by atomic mass is 9.97. The van der Waals surface area contributed by atoms with E-state index in [1.165, 1.54) is 11.1 Å². The van der Waals surface area contributed by atoms with Crippen molar-refractivity contribution in [1.29, 1.82) is 0 Å². The number of rotatable bonds is 3. The molecule has 1 saturated heterocycles. The number of benzene rings is 2. The van der Waals surface area contributed by atoms with Gasteiger partial charge in [0.25, 0.3) is 5.91 Å². The smallest absolute Gasteiger partial charge is 0.269 e. The van der Waals surface area contributed by atoms with Gasteiger partial charge in [0.1, 0.15) is 5.71 Å². The Balaban J connectivity index is 1.26. The molecule has 1 amide bonds. The lowest BCUT2D eigenvalue weighted by Crippen LogP contribution is -2.22. The minimum absolute atomic E-state index is 0.0539. The van der Waals surface area contributed by atoms with Gasteiger partial charge in [-0.3, -0.25) is 14.8 Å². The molecule has 3 aromatic rings. The SMILES string of the molecule is O=C(C1=Nc2cc3c(cc2C1)CN=C3c1ccncc1)N1C[C@@H]1c1ccccc1. The first-order chi connectivity index (χ1) is 14.3. The fourth-order valence-electron chi connectivity index (χ4n) is 4.27. The number of aromatic nitrogens is 1. The highest BCUT2D eigenvalue weighted by molar-refractivity contribution is 6.41. The molecule has 6 rings (SSSR count). The first-order valence-corrected chi connectivity index (χ1v) is 9.82. The lowest BCUT2D eigenvalue weighted by molar-refractivity contribution is -0.119. The number of nitrogens with zero attached hydrogens (tertiary/aromatic N) is 4. The van der Waals surface area contributed by atoms with E-state index in [4.69, 9.17) is 9.98 Å². The van der Waals surface area contributed by atoms with Crippen molar-refractivity contribution in [3.05, 3.63) is 94.8 Å². The third kappa shape index (κ3) is 2.70. The van der Waals surface area contributed by atoms with Crippen LogP contribution in [0.5, 0.6) is 0 Å². The number of fused-ring (bicyclic) bond motifs is 2. The van der Waals surface area contributed by atoms with Crippen molar-refractivity contribution >= 4 is 23.0 Å². The number of hydrogen-bond acceptors (Lipinski definition) is 4. The minimum atomic E-state index is 0.0539. The number of amides is 1. The Hall–Kier alpha value is -3.60. The van der Waals surface area contributed by atoms with Gasteiger partial charge in [-0.2, -0.15) is 0 Å². The molecule has 0 aliphatic carbocycles. The summed E-state index contributed by atoms with van der Waals surface area (Å²) in [6.45, 7) is 1.44. The maximum atomic E-state index is 13.0. The molecule has 1 aromatic heterocycles. The normalized spacial score (nSPS) is 18.8. The van der Waals surface area contributed by atoms with Crippen LogP contribution in [0.3, 0.4) is 0 Å². The van der Waals surface area contributed by atoms with Crippen molar-refractivity contribution in [2.24, 2.45) is 9.98 Å². The van der Waals surface area contributed by atoms with Crippen molar-refractivity contribution in [3.63, 3.8) is 0 Å². The van der Waals surface area contributed by atoms with E-state index in [9.17, 15) is 4.79 Å². The van der Waals surface area contributed by atoms with Crippen LogP contribution in [0.25, 0.3) is 0 Å². The number of carbonyl (C=O) groups is 1. The number of pyridine rings is 1. The molecule has 140 valence electrons. The highest BCUT2D eigenvalue weighted by atomic mass is 16.2. The van der Waals surface area contributed by atoms with E-state index in [0.29, 0.717) is 18.7 Å². The Labute approximate surface area is 168 Å². The summed E-state index contributed by atoms with van der Waals surface area (Å²) < 4.78 is 0. The van der Waals surface area contributed by atoms with E-state index in [2.05, 4.69) is 29.2 Å². The maximum Gasteiger partial charge on any atom is 0.269 e. The van der Waals surface area contributed by atoms with Crippen molar-refractivity contribution in [3.8, 4) is 0 Å². The summed E-state index contributed by atoms with van der Waals surface area (Å²) >= 11 is 0. The van der Waals surface area contributed by atoms with Crippen LogP contribution in [0.4, 0.5) is 5.69 Å². The van der Waals surface area contributed by atoms with E-state index in [1.807, 2.05) is 35.2 Å². The van der Waals surface area contributed by atoms with Crippen LogP contribution in [0.15, 0.2) is 77.0 Å². The summed E-state index contributed by atoms with van der Waals surface area (Å²) in [5.41, 5.74) is 8.21. The highest BCUT2D eigenvalue weighted by Gasteiger charge is 2.42. The molecule has 0 unspecified atom stereocenters. The van der Waals surface area contributed by atoms with Gasteiger partial charge in [0.05, 0.1) is 24.0 Å². The third-order valence-corrected chi connectivity index (χ3v) is 5.84. The van der Waals surface area contributed by atoms with Crippen LogP contribution in [-0.2, 0) is 17.8 Å². The molecule has 2 aromatic carbocycles. The molecule has 1 atom stereocenters.